The number of terminal acetylenes is 1. The van der Waals surface area contributed by atoms with Gasteiger partial charge >= 0.3 is 19.7 Å². The van der Waals surface area contributed by atoms with Gasteiger partial charge in [0.25, 0.3) is 5.91 Å². The zero-order valence-corrected chi connectivity index (χ0v) is 34.4. The molecule has 1 aliphatic carbocycles. The Balaban J connectivity index is 0.000000187. The number of ether oxygens (including phenoxy) is 1. The van der Waals surface area contributed by atoms with Gasteiger partial charge in [-0.3, -0.25) is 29.2 Å². The third-order valence-corrected chi connectivity index (χ3v) is 11.3. The lowest BCUT2D eigenvalue weighted by molar-refractivity contribution is -0.138. The largest absolute Gasteiger partial charge is 0.481 e. The minimum absolute atomic E-state index is 0.0441. The van der Waals surface area contributed by atoms with Crippen LogP contribution in [0.1, 0.15) is 65.7 Å². The van der Waals surface area contributed by atoms with Crippen molar-refractivity contribution in [2.45, 2.75) is 56.6 Å². The van der Waals surface area contributed by atoms with E-state index in [1.807, 2.05) is 4.57 Å². The van der Waals surface area contributed by atoms with Crippen LogP contribution in [0.15, 0.2) is 50.9 Å². The number of carbonyl (C=O) groups excluding carboxylic acids is 2. The number of aliphatic carboxylic acids is 1. The van der Waals surface area contributed by atoms with E-state index in [-0.39, 0.29) is 47.2 Å². The predicted molar refractivity (Wildman–Crippen MR) is 205 cm³/mol. The lowest BCUT2D eigenvalue weighted by atomic mass is 9.92. The Morgan fingerprint density at radius 2 is 1.88 bits per heavy atom. The van der Waals surface area contributed by atoms with E-state index in [4.69, 9.17) is 30.6 Å². The molecule has 0 unspecified atom stereocenters. The summed E-state index contributed by atoms with van der Waals surface area (Å²) >= 11 is 1.24. The second kappa shape index (κ2) is 17.8. The van der Waals surface area contributed by atoms with Crippen LogP contribution in [0.4, 0.5) is 28.9 Å². The average molecular weight is 901 g/mol. The highest BCUT2D eigenvalue weighted by atomic mass is 32.2. The number of carboxylic acids is 1. The van der Waals surface area contributed by atoms with E-state index in [9.17, 15) is 44.9 Å². The van der Waals surface area contributed by atoms with E-state index >= 15 is 0 Å². The van der Waals surface area contributed by atoms with Gasteiger partial charge in [-0.05, 0) is 42.5 Å². The number of carboxylic acid groups (broad SMARTS) is 1. The molecule has 7 rings (SSSR count). The molecule has 0 bridgehead atoms. The van der Waals surface area contributed by atoms with Crippen LogP contribution in [0.2, 0.25) is 0 Å². The highest BCUT2D eigenvalue weighted by molar-refractivity contribution is 7.90. The molecule has 0 radical (unpaired) electrons. The molecule has 24 heteroatoms. The Morgan fingerprint density at radius 3 is 2.48 bits per heavy atom. The van der Waals surface area contributed by atoms with Crippen molar-refractivity contribution in [1.82, 2.24) is 19.4 Å². The molecule has 1 amide bonds. The quantitative estimate of drug-likeness (QED) is 0.0753. The molecule has 4 aromatic rings. The van der Waals surface area contributed by atoms with Crippen LogP contribution in [-0.2, 0) is 43.1 Å². The van der Waals surface area contributed by atoms with Gasteiger partial charge in [0.05, 0.1) is 47.3 Å². The Kier molecular flexibility index (Phi) is 13.6. The number of hydrogen-bond donors (Lipinski definition) is 4. The second-order valence-electron chi connectivity index (χ2n) is 14.5. The molecule has 0 atom stereocenters. The average Bonchev–Trinajstić information content (AvgIpc) is 3.63. The Labute approximate surface area is 343 Å². The number of rotatable bonds is 10. The lowest BCUT2D eigenvalue weighted by Crippen LogP contribution is -2.39. The SMILES string of the molecule is C#CCN1C(=O)COc2cc(F)c(N=c3snc4n3CC(C)(C)C4)cc21.CS(=O)(=O)c1cc(C(F)(F)F)ccc1C(=O)c1cnoc1C1CC1.O=C(O)CNCP(=O)(O)O. The monoisotopic (exact) mass is 900 g/mol. The number of aromatic nitrogens is 3. The molecular formula is C36H37F4N6O11PS2. The van der Waals surface area contributed by atoms with E-state index in [1.165, 1.54) is 34.8 Å². The van der Waals surface area contributed by atoms with Crippen LogP contribution in [-0.4, -0.2) is 87.3 Å². The summed E-state index contributed by atoms with van der Waals surface area (Å²) in [6.07, 6.45) is 4.47. The summed E-state index contributed by atoms with van der Waals surface area (Å²) in [7, 11) is -8.14. The molecule has 2 aromatic carbocycles. The van der Waals surface area contributed by atoms with Crippen molar-refractivity contribution >= 4 is 58.0 Å². The summed E-state index contributed by atoms with van der Waals surface area (Å²) in [5.41, 5.74) is -0.692. The van der Waals surface area contributed by atoms with Crippen molar-refractivity contribution in [1.29, 1.82) is 0 Å². The van der Waals surface area contributed by atoms with Crippen molar-refractivity contribution in [3.63, 3.8) is 0 Å². The predicted octanol–water partition coefficient (Wildman–Crippen LogP) is 4.26. The van der Waals surface area contributed by atoms with Gasteiger partial charge in [0, 0.05) is 48.3 Å². The van der Waals surface area contributed by atoms with Gasteiger partial charge in [-0.2, -0.15) is 17.5 Å². The molecule has 322 valence electrons. The van der Waals surface area contributed by atoms with E-state index in [1.54, 1.807) is 0 Å². The van der Waals surface area contributed by atoms with E-state index in [2.05, 4.69) is 39.6 Å². The van der Waals surface area contributed by atoms with Crippen LogP contribution in [0.5, 0.6) is 5.75 Å². The third kappa shape index (κ3) is 11.5. The zero-order chi connectivity index (χ0) is 44.4. The van der Waals surface area contributed by atoms with Crippen LogP contribution in [0, 0.1) is 23.6 Å². The van der Waals surface area contributed by atoms with Gasteiger partial charge in [-0.1, -0.05) is 24.9 Å². The zero-order valence-electron chi connectivity index (χ0n) is 31.9. The van der Waals surface area contributed by atoms with Gasteiger partial charge in [0.1, 0.15) is 17.3 Å². The van der Waals surface area contributed by atoms with E-state index in [0.29, 0.717) is 34.1 Å². The molecule has 4 N–H and O–H groups in total. The number of fused-ring (bicyclic) bond motifs is 2. The molecule has 4 heterocycles. The maximum absolute atomic E-state index is 14.5. The maximum Gasteiger partial charge on any atom is 0.416 e. The summed E-state index contributed by atoms with van der Waals surface area (Å²) in [6, 6.07) is 4.80. The van der Waals surface area contributed by atoms with Crippen molar-refractivity contribution < 1.29 is 69.1 Å². The fourth-order valence-electron chi connectivity index (χ4n) is 5.95. The summed E-state index contributed by atoms with van der Waals surface area (Å²) < 4.78 is 104. The van der Waals surface area contributed by atoms with Gasteiger partial charge in [0.2, 0.25) is 4.80 Å². The number of sulfone groups is 1. The van der Waals surface area contributed by atoms with E-state index < -0.39 is 64.5 Å². The van der Waals surface area contributed by atoms with Crippen molar-refractivity contribution in [2.24, 2.45) is 10.4 Å². The standard InChI is InChI=1S/C18H17FN4O2S.C15H12F3NO4S.C3H8NO5P/c1-4-5-22-13-7-12(11(19)6-14(13)25-9-16(22)24)20-17-23-10-18(2,3)8-15(23)21-26-17;1-24(21,22)12-6-9(15(16,17)18)4-5-10(12)13(20)11-7-19-23-14(11)8-2-3-8;5-3(6)1-4-2-10(7,8)9/h1,6-7H,5,8-10H2,2-3H3;4-8H,2-3H2,1H3;4H,1-2H2,(H,5,6)(H2,7,8,9). The number of anilines is 1. The number of nitrogens with one attached hydrogen (secondary N) is 1. The van der Waals surface area contributed by atoms with Gasteiger partial charge < -0.3 is 28.7 Å². The van der Waals surface area contributed by atoms with Gasteiger partial charge in [0.15, 0.2) is 33.8 Å². The first-order valence-electron chi connectivity index (χ1n) is 17.6. The minimum Gasteiger partial charge on any atom is -0.481 e. The Morgan fingerprint density at radius 1 is 1.18 bits per heavy atom. The summed E-state index contributed by atoms with van der Waals surface area (Å²) in [4.78, 5) is 56.7. The van der Waals surface area contributed by atoms with Gasteiger partial charge in [-0.15, -0.1) is 6.42 Å². The number of nitrogens with zero attached hydrogens (tertiary/aromatic N) is 5. The molecule has 0 saturated heterocycles. The molecule has 17 nitrogen and oxygen atoms in total. The minimum atomic E-state index is -4.71. The number of ketones is 1. The number of hydrogen-bond acceptors (Lipinski definition) is 13. The first-order valence-corrected chi connectivity index (χ1v) is 22.0. The number of halogens is 4. The topological polar surface area (TPSA) is 244 Å². The first-order chi connectivity index (χ1) is 27.9. The number of amides is 1. The molecule has 1 fully saturated rings. The fourth-order valence-corrected chi connectivity index (χ4v) is 8.01. The van der Waals surface area contributed by atoms with Crippen LogP contribution in [0.3, 0.4) is 0 Å². The molecule has 2 aliphatic heterocycles. The van der Waals surface area contributed by atoms with E-state index in [0.717, 1.165) is 44.0 Å². The molecule has 1 saturated carbocycles. The third-order valence-electron chi connectivity index (χ3n) is 8.77. The fraction of sp³-hybridized carbons (Fsp3) is 0.389. The molecule has 2 aromatic heterocycles. The normalized spacial score (nSPS) is 16.0. The smallest absolute Gasteiger partial charge is 0.416 e. The molecular weight excluding hydrogens is 864 g/mol. The number of alkyl halides is 3. The molecule has 3 aliphatic rings. The Bertz CT molecular complexity index is 2590. The molecule has 0 spiro atoms. The maximum atomic E-state index is 14.5. The Hall–Kier alpha value is -5.24. The van der Waals surface area contributed by atoms with Crippen molar-refractivity contribution in [3.05, 3.63) is 75.4 Å². The van der Waals surface area contributed by atoms with Crippen LogP contribution < -0.4 is 19.8 Å². The highest BCUT2D eigenvalue weighted by Gasteiger charge is 2.36. The lowest BCUT2D eigenvalue weighted by Gasteiger charge is -2.28. The number of benzene rings is 2. The van der Waals surface area contributed by atoms with Crippen molar-refractivity contribution in [2.75, 3.05) is 37.1 Å². The van der Waals surface area contributed by atoms with Gasteiger partial charge in [-0.25, -0.2) is 17.8 Å². The summed E-state index contributed by atoms with van der Waals surface area (Å²) in [5.74, 6) is 1.45. The van der Waals surface area contributed by atoms with Crippen molar-refractivity contribution in [3.8, 4) is 18.1 Å². The number of carbonyl (C=O) groups is 3. The highest BCUT2D eigenvalue weighted by Crippen LogP contribution is 2.43. The summed E-state index contributed by atoms with van der Waals surface area (Å²) in [5, 5.41) is 13.6. The molecule has 60 heavy (non-hydrogen) atoms. The second-order valence-corrected chi connectivity index (χ2v) is 18.9. The summed E-state index contributed by atoms with van der Waals surface area (Å²) in [6.45, 7) is 4.61. The van der Waals surface area contributed by atoms with Crippen LogP contribution in [0.25, 0.3) is 0 Å². The van der Waals surface area contributed by atoms with Crippen LogP contribution >= 0.6 is 19.1 Å². The first kappa shape index (κ1) is 45.8.